The summed E-state index contributed by atoms with van der Waals surface area (Å²) in [6, 6.07) is 6.77. The van der Waals surface area contributed by atoms with Crippen LogP contribution in [0, 0.1) is 6.92 Å². The summed E-state index contributed by atoms with van der Waals surface area (Å²) in [5.74, 6) is 1.70. The van der Waals surface area contributed by atoms with E-state index in [9.17, 15) is 0 Å². The summed E-state index contributed by atoms with van der Waals surface area (Å²) in [4.78, 5) is 9.36. The first-order valence-corrected chi connectivity index (χ1v) is 11.2. The second kappa shape index (κ2) is 8.30. The Morgan fingerprint density at radius 3 is 2.78 bits per heavy atom. The van der Waals surface area contributed by atoms with Gasteiger partial charge in [-0.2, -0.15) is 5.10 Å². The molecule has 168 valence electrons. The van der Waals surface area contributed by atoms with Crippen LogP contribution in [0.2, 0.25) is 0 Å². The zero-order chi connectivity index (χ0) is 23.0. The molecule has 0 saturated carbocycles. The van der Waals surface area contributed by atoms with Gasteiger partial charge in [0, 0.05) is 30.6 Å². The molecule has 1 aliphatic rings. The van der Waals surface area contributed by atoms with Crippen molar-refractivity contribution in [2.24, 2.45) is 10.7 Å². The van der Waals surface area contributed by atoms with Crippen molar-refractivity contribution in [3.8, 4) is 17.2 Å². The molecule has 0 bridgehead atoms. The zero-order valence-electron chi connectivity index (χ0n) is 19.7. The van der Waals surface area contributed by atoms with E-state index >= 15 is 0 Å². The van der Waals surface area contributed by atoms with Gasteiger partial charge >= 0.3 is 0 Å². The Labute approximate surface area is 190 Å². The lowest BCUT2D eigenvalue weighted by Crippen LogP contribution is -2.23. The number of rotatable bonds is 6. The molecule has 3 aromatic rings. The second-order valence-electron chi connectivity index (χ2n) is 9.20. The van der Waals surface area contributed by atoms with Crippen molar-refractivity contribution in [3.63, 3.8) is 0 Å². The molecule has 2 aromatic heterocycles. The monoisotopic (exact) mass is 431 g/mol. The van der Waals surface area contributed by atoms with Crippen LogP contribution in [0.25, 0.3) is 22.8 Å². The Morgan fingerprint density at radius 2 is 2.09 bits per heavy atom. The lowest BCUT2D eigenvalue weighted by atomic mass is 10.00. The lowest BCUT2D eigenvalue weighted by Gasteiger charge is -2.26. The average Bonchev–Trinajstić information content (AvgIpc) is 3.06. The summed E-state index contributed by atoms with van der Waals surface area (Å²) in [7, 11) is 0. The van der Waals surface area contributed by atoms with Crippen molar-refractivity contribution >= 4 is 11.8 Å². The summed E-state index contributed by atoms with van der Waals surface area (Å²) in [6.45, 7) is 15.1. The van der Waals surface area contributed by atoms with Gasteiger partial charge < -0.3 is 5.73 Å². The van der Waals surface area contributed by atoms with E-state index in [-0.39, 0.29) is 11.6 Å². The van der Waals surface area contributed by atoms with Crippen molar-refractivity contribution in [2.75, 3.05) is 0 Å². The third-order valence-corrected chi connectivity index (χ3v) is 5.90. The number of hydrogen-bond donors (Lipinski definition) is 1. The summed E-state index contributed by atoms with van der Waals surface area (Å²) in [5.41, 5.74) is 11.2. The number of fused-ring (bicyclic) bond motifs is 3. The first-order chi connectivity index (χ1) is 15.2. The van der Waals surface area contributed by atoms with Gasteiger partial charge in [0.15, 0.2) is 5.82 Å². The number of aliphatic imine (C=N–C) groups is 1. The van der Waals surface area contributed by atoms with E-state index in [0.717, 1.165) is 47.9 Å². The first kappa shape index (κ1) is 21.9. The van der Waals surface area contributed by atoms with E-state index in [1.807, 2.05) is 37.7 Å². The molecule has 0 radical (unpaired) electrons. The van der Waals surface area contributed by atoms with Crippen LogP contribution >= 0.6 is 0 Å². The summed E-state index contributed by atoms with van der Waals surface area (Å²) in [6.07, 6.45) is 9.55. The smallest absolute Gasteiger partial charge is 0.178 e. The number of hydrogen-bond acceptors (Lipinski definition) is 4. The average molecular weight is 432 g/mol. The van der Waals surface area contributed by atoms with Crippen molar-refractivity contribution in [3.05, 3.63) is 60.2 Å². The fourth-order valence-corrected chi connectivity index (χ4v) is 3.99. The van der Waals surface area contributed by atoms with Crippen LogP contribution in [0.15, 0.2) is 48.2 Å². The molecule has 0 fully saturated rings. The maximum atomic E-state index is 5.96. The normalized spacial score (nSPS) is 14.6. The Bertz CT molecular complexity index is 1200. The summed E-state index contributed by atoms with van der Waals surface area (Å²) >= 11 is 0. The molecular weight excluding hydrogens is 398 g/mol. The minimum atomic E-state index is -0.331. The van der Waals surface area contributed by atoms with Crippen LogP contribution in [0.5, 0.6) is 0 Å². The van der Waals surface area contributed by atoms with Crippen LogP contribution in [-0.4, -0.2) is 35.9 Å². The van der Waals surface area contributed by atoms with Gasteiger partial charge in [-0.15, -0.1) is 6.58 Å². The molecule has 0 aliphatic carbocycles. The predicted molar refractivity (Wildman–Crippen MR) is 131 cm³/mol. The highest BCUT2D eigenvalue weighted by atomic mass is 15.5. The molecule has 2 N–H and O–H groups in total. The van der Waals surface area contributed by atoms with Gasteiger partial charge in [-0.25, -0.2) is 14.3 Å². The number of benzene rings is 1. The molecule has 0 unspecified atom stereocenters. The molecule has 4 rings (SSSR count). The molecule has 1 aliphatic heterocycles. The van der Waals surface area contributed by atoms with Gasteiger partial charge in [0.2, 0.25) is 0 Å². The first-order valence-electron chi connectivity index (χ1n) is 11.2. The lowest BCUT2D eigenvalue weighted by molar-refractivity contribution is 0.489. The molecule has 0 spiro atoms. The van der Waals surface area contributed by atoms with E-state index in [1.165, 1.54) is 11.3 Å². The van der Waals surface area contributed by atoms with Crippen LogP contribution in [0.3, 0.4) is 0 Å². The third kappa shape index (κ3) is 3.95. The van der Waals surface area contributed by atoms with Crippen molar-refractivity contribution in [1.29, 1.82) is 0 Å². The standard InChI is InChI=1S/C25H33N7/c1-7-25(5,6)27-15-21(14-26)19-10-11-22-20(13-19)9-8-12-30-16-23(32(22)30)24-28-18(4)29-31(24)17(2)3/h7,10-11,13-17H,1,8-9,12,26H2,2-6H3. The SMILES string of the molecule is C=CC(C)(C)N=CC(=CN)c1ccc2c(c1)CCCn1cc(-c3nc(C)nn3C(C)C)n1-2. The Balaban J connectivity index is 1.75. The van der Waals surface area contributed by atoms with Crippen LogP contribution in [-0.2, 0) is 13.0 Å². The van der Waals surface area contributed by atoms with E-state index in [4.69, 9.17) is 10.7 Å². The van der Waals surface area contributed by atoms with Gasteiger partial charge in [0.25, 0.3) is 0 Å². The Morgan fingerprint density at radius 1 is 1.31 bits per heavy atom. The van der Waals surface area contributed by atoms with E-state index < -0.39 is 0 Å². The highest BCUT2D eigenvalue weighted by molar-refractivity contribution is 6.09. The number of nitrogens with zero attached hydrogens (tertiary/aromatic N) is 6. The largest absolute Gasteiger partial charge is 0.404 e. The molecule has 7 heteroatoms. The topological polar surface area (TPSA) is 79.0 Å². The maximum Gasteiger partial charge on any atom is 0.178 e. The summed E-state index contributed by atoms with van der Waals surface area (Å²) < 4.78 is 6.54. The van der Waals surface area contributed by atoms with Crippen LogP contribution < -0.4 is 5.73 Å². The van der Waals surface area contributed by atoms with Crippen LogP contribution in [0.4, 0.5) is 0 Å². The molecular formula is C25H33N7. The van der Waals surface area contributed by atoms with E-state index in [1.54, 1.807) is 6.20 Å². The third-order valence-electron chi connectivity index (χ3n) is 5.90. The number of aromatic nitrogens is 5. The van der Waals surface area contributed by atoms with Crippen molar-refractivity contribution in [2.45, 2.75) is 65.6 Å². The molecule has 32 heavy (non-hydrogen) atoms. The number of aryl methyl sites for hydroxylation is 3. The molecule has 0 saturated heterocycles. The maximum absolute atomic E-state index is 5.96. The minimum Gasteiger partial charge on any atom is -0.404 e. The highest BCUT2D eigenvalue weighted by Gasteiger charge is 2.25. The quantitative estimate of drug-likeness (QED) is 0.453. The highest BCUT2D eigenvalue weighted by Crippen LogP contribution is 2.32. The molecule has 1 aromatic carbocycles. The molecule has 3 heterocycles. The van der Waals surface area contributed by atoms with Gasteiger partial charge in [0.1, 0.15) is 11.5 Å². The zero-order valence-corrected chi connectivity index (χ0v) is 19.7. The molecule has 0 atom stereocenters. The summed E-state index contributed by atoms with van der Waals surface area (Å²) in [5, 5.41) is 4.60. The molecule has 0 amide bonds. The Hall–Kier alpha value is -3.35. The minimum absolute atomic E-state index is 0.242. The Kier molecular flexibility index (Phi) is 5.67. The number of allylic oxidation sites excluding steroid dienone is 1. The van der Waals surface area contributed by atoms with Crippen molar-refractivity contribution < 1.29 is 0 Å². The second-order valence-corrected chi connectivity index (χ2v) is 9.20. The van der Waals surface area contributed by atoms with Gasteiger partial charge in [-0.1, -0.05) is 12.1 Å². The predicted octanol–water partition coefficient (Wildman–Crippen LogP) is 4.71. The fraction of sp³-hybridized carbons (Fsp3) is 0.400. The fourth-order valence-electron chi connectivity index (χ4n) is 3.99. The van der Waals surface area contributed by atoms with Crippen LogP contribution in [0.1, 0.15) is 57.1 Å². The van der Waals surface area contributed by atoms with Gasteiger partial charge in [-0.05, 0) is 70.7 Å². The van der Waals surface area contributed by atoms with E-state index in [0.29, 0.717) is 0 Å². The number of nitrogens with two attached hydrogens (primary N) is 1. The van der Waals surface area contributed by atoms with Gasteiger partial charge in [-0.3, -0.25) is 9.67 Å². The van der Waals surface area contributed by atoms with E-state index in [2.05, 4.69) is 64.3 Å². The van der Waals surface area contributed by atoms with Gasteiger partial charge in [0.05, 0.1) is 17.4 Å². The van der Waals surface area contributed by atoms with Crippen molar-refractivity contribution in [1.82, 2.24) is 24.1 Å². The molecule has 7 nitrogen and oxygen atoms in total.